The van der Waals surface area contributed by atoms with Crippen molar-refractivity contribution in [3.05, 3.63) is 35.9 Å². The van der Waals surface area contributed by atoms with Gasteiger partial charge in [-0.2, -0.15) is 0 Å². The summed E-state index contributed by atoms with van der Waals surface area (Å²) in [7, 11) is 1.25. The summed E-state index contributed by atoms with van der Waals surface area (Å²) in [6.07, 6.45) is -0.526. The molecular formula is C13H15NO5. The van der Waals surface area contributed by atoms with E-state index < -0.39 is 24.1 Å². The van der Waals surface area contributed by atoms with Crippen LogP contribution in [0.3, 0.4) is 0 Å². The van der Waals surface area contributed by atoms with Crippen molar-refractivity contribution in [2.24, 2.45) is 0 Å². The highest BCUT2D eigenvalue weighted by atomic mass is 16.7. The summed E-state index contributed by atoms with van der Waals surface area (Å²) in [6.45, 7) is 0.0956. The molecule has 0 aliphatic carbocycles. The Bertz CT molecular complexity index is 461. The molecule has 0 aromatic heterocycles. The number of carbonyl (C=O) groups excluding carboxylic acids is 2. The van der Waals surface area contributed by atoms with E-state index in [0.717, 1.165) is 0 Å². The van der Waals surface area contributed by atoms with Crippen LogP contribution in [0.5, 0.6) is 0 Å². The molecule has 0 bridgehead atoms. The summed E-state index contributed by atoms with van der Waals surface area (Å²) in [6, 6.07) is 7.69. The van der Waals surface area contributed by atoms with Crippen LogP contribution in [0, 0.1) is 0 Å². The highest BCUT2D eigenvalue weighted by Gasteiger charge is 2.39. The SMILES string of the molecule is COC(=O)[C@H]1C[C@@H](O)CN1OC(=O)c1ccccc1. The van der Waals surface area contributed by atoms with Crippen LogP contribution in [0.15, 0.2) is 30.3 Å². The van der Waals surface area contributed by atoms with Gasteiger partial charge < -0.3 is 14.7 Å². The maximum atomic E-state index is 11.9. The van der Waals surface area contributed by atoms with Gasteiger partial charge in [-0.1, -0.05) is 18.2 Å². The van der Waals surface area contributed by atoms with Gasteiger partial charge in [0.15, 0.2) is 0 Å². The standard InChI is InChI=1S/C13H15NO5/c1-18-13(17)11-7-10(15)8-14(11)19-12(16)9-5-3-2-4-6-9/h2-6,10-11,15H,7-8H2,1H3/t10-,11-/m1/s1. The van der Waals surface area contributed by atoms with Crippen LogP contribution in [-0.4, -0.2) is 47.9 Å². The topological polar surface area (TPSA) is 76.1 Å². The second kappa shape index (κ2) is 5.81. The molecule has 1 aromatic carbocycles. The van der Waals surface area contributed by atoms with Crippen molar-refractivity contribution in [1.29, 1.82) is 0 Å². The van der Waals surface area contributed by atoms with Crippen LogP contribution >= 0.6 is 0 Å². The zero-order valence-corrected chi connectivity index (χ0v) is 10.5. The van der Waals surface area contributed by atoms with Gasteiger partial charge in [-0.15, -0.1) is 5.06 Å². The van der Waals surface area contributed by atoms with E-state index in [1.54, 1.807) is 30.3 Å². The molecule has 2 rings (SSSR count). The number of methoxy groups -OCH3 is 1. The highest BCUT2D eigenvalue weighted by molar-refractivity contribution is 5.89. The van der Waals surface area contributed by atoms with Crippen molar-refractivity contribution in [3.8, 4) is 0 Å². The first kappa shape index (κ1) is 13.5. The van der Waals surface area contributed by atoms with E-state index in [0.29, 0.717) is 5.56 Å². The predicted molar refractivity (Wildman–Crippen MR) is 65.0 cm³/mol. The van der Waals surface area contributed by atoms with Crippen molar-refractivity contribution in [1.82, 2.24) is 5.06 Å². The molecule has 0 amide bonds. The lowest BCUT2D eigenvalue weighted by Gasteiger charge is -2.20. The van der Waals surface area contributed by atoms with Crippen LogP contribution in [0.25, 0.3) is 0 Å². The summed E-state index contributed by atoms with van der Waals surface area (Å²) in [5.74, 6) is -1.10. The zero-order chi connectivity index (χ0) is 13.8. The molecule has 1 heterocycles. The first-order valence-electron chi connectivity index (χ1n) is 5.91. The largest absolute Gasteiger partial charge is 0.468 e. The van der Waals surface area contributed by atoms with Crippen LogP contribution in [0.2, 0.25) is 0 Å². The maximum absolute atomic E-state index is 11.9. The Hall–Kier alpha value is -1.92. The zero-order valence-electron chi connectivity index (χ0n) is 10.5. The van der Waals surface area contributed by atoms with Crippen molar-refractivity contribution in [2.45, 2.75) is 18.6 Å². The lowest BCUT2D eigenvalue weighted by atomic mass is 10.2. The normalized spacial score (nSPS) is 23.1. The van der Waals surface area contributed by atoms with E-state index in [1.165, 1.54) is 12.2 Å². The van der Waals surface area contributed by atoms with Gasteiger partial charge in [-0.3, -0.25) is 4.79 Å². The van der Waals surface area contributed by atoms with Crippen molar-refractivity contribution in [2.75, 3.05) is 13.7 Å². The number of aliphatic hydroxyl groups is 1. The van der Waals surface area contributed by atoms with Crippen LogP contribution in [0.1, 0.15) is 16.8 Å². The fraction of sp³-hybridized carbons (Fsp3) is 0.385. The monoisotopic (exact) mass is 265 g/mol. The molecule has 1 fully saturated rings. The number of carbonyl (C=O) groups is 2. The lowest BCUT2D eigenvalue weighted by molar-refractivity contribution is -0.166. The Labute approximate surface area is 110 Å². The third-order valence-electron chi connectivity index (χ3n) is 2.92. The molecular weight excluding hydrogens is 250 g/mol. The molecule has 1 saturated heterocycles. The first-order valence-corrected chi connectivity index (χ1v) is 5.91. The minimum absolute atomic E-state index is 0.0956. The minimum atomic E-state index is -0.757. The highest BCUT2D eigenvalue weighted by Crippen LogP contribution is 2.20. The summed E-state index contributed by atoms with van der Waals surface area (Å²) >= 11 is 0. The fourth-order valence-electron chi connectivity index (χ4n) is 1.97. The molecule has 0 spiro atoms. The molecule has 102 valence electrons. The quantitative estimate of drug-likeness (QED) is 0.796. The summed E-state index contributed by atoms with van der Waals surface area (Å²) in [5, 5.41) is 10.7. The van der Waals surface area contributed by atoms with E-state index in [9.17, 15) is 14.7 Å². The van der Waals surface area contributed by atoms with Crippen LogP contribution in [0.4, 0.5) is 0 Å². The van der Waals surface area contributed by atoms with Gasteiger partial charge in [0.2, 0.25) is 0 Å². The number of hydrogen-bond donors (Lipinski definition) is 1. The Morgan fingerprint density at radius 1 is 1.32 bits per heavy atom. The van der Waals surface area contributed by atoms with Crippen molar-refractivity contribution < 1.29 is 24.3 Å². The Morgan fingerprint density at radius 2 is 2.00 bits per heavy atom. The Kier molecular flexibility index (Phi) is 4.13. The van der Waals surface area contributed by atoms with Gasteiger partial charge in [0.05, 0.1) is 25.3 Å². The van der Waals surface area contributed by atoms with Gasteiger partial charge in [-0.05, 0) is 12.1 Å². The number of β-amino-alcohol motifs (C(OH)–C–C–N with tert-alkyl or cyclic N) is 1. The maximum Gasteiger partial charge on any atom is 0.357 e. The molecule has 1 aromatic rings. The molecule has 1 aliphatic heterocycles. The average Bonchev–Trinajstić information content (AvgIpc) is 2.79. The molecule has 0 radical (unpaired) electrons. The summed E-state index contributed by atoms with van der Waals surface area (Å²) in [5.41, 5.74) is 0.382. The molecule has 19 heavy (non-hydrogen) atoms. The van der Waals surface area contributed by atoms with E-state index in [1.807, 2.05) is 0 Å². The number of rotatable bonds is 3. The van der Waals surface area contributed by atoms with Gasteiger partial charge >= 0.3 is 11.9 Å². The number of nitrogens with zero attached hydrogens (tertiary/aromatic N) is 1. The van der Waals surface area contributed by atoms with Gasteiger partial charge in [0.25, 0.3) is 0 Å². The van der Waals surface area contributed by atoms with Crippen LogP contribution in [-0.2, 0) is 14.4 Å². The smallest absolute Gasteiger partial charge is 0.357 e. The van der Waals surface area contributed by atoms with E-state index in [2.05, 4.69) is 4.74 Å². The minimum Gasteiger partial charge on any atom is -0.468 e. The number of hydroxylamine groups is 2. The lowest BCUT2D eigenvalue weighted by Crippen LogP contribution is -2.38. The molecule has 2 atom stereocenters. The third kappa shape index (κ3) is 3.10. The van der Waals surface area contributed by atoms with Crippen LogP contribution < -0.4 is 0 Å². The third-order valence-corrected chi connectivity index (χ3v) is 2.92. The molecule has 6 heteroatoms. The van der Waals surface area contributed by atoms with E-state index >= 15 is 0 Å². The number of esters is 1. The number of benzene rings is 1. The number of hydrogen-bond acceptors (Lipinski definition) is 6. The van der Waals surface area contributed by atoms with Crippen molar-refractivity contribution in [3.63, 3.8) is 0 Å². The molecule has 1 N–H and O–H groups in total. The Morgan fingerprint density at radius 3 is 2.63 bits per heavy atom. The number of ether oxygens (including phenoxy) is 1. The Balaban J connectivity index is 2.05. The second-order valence-corrected chi connectivity index (χ2v) is 4.27. The first-order chi connectivity index (χ1) is 9.11. The predicted octanol–water partition coefficient (Wildman–Crippen LogP) is 0.367. The average molecular weight is 265 g/mol. The van der Waals surface area contributed by atoms with E-state index in [-0.39, 0.29) is 13.0 Å². The van der Waals surface area contributed by atoms with Gasteiger partial charge in [0.1, 0.15) is 6.04 Å². The summed E-state index contributed by atoms with van der Waals surface area (Å²) in [4.78, 5) is 28.5. The molecule has 6 nitrogen and oxygen atoms in total. The van der Waals surface area contributed by atoms with Gasteiger partial charge in [-0.25, -0.2) is 4.79 Å². The van der Waals surface area contributed by atoms with E-state index in [4.69, 9.17) is 4.84 Å². The van der Waals surface area contributed by atoms with Crippen molar-refractivity contribution >= 4 is 11.9 Å². The fourth-order valence-corrected chi connectivity index (χ4v) is 1.97. The number of aliphatic hydroxyl groups excluding tert-OH is 1. The molecule has 1 aliphatic rings. The second-order valence-electron chi connectivity index (χ2n) is 4.27. The summed E-state index contributed by atoms with van der Waals surface area (Å²) < 4.78 is 4.62. The molecule has 0 saturated carbocycles. The van der Waals surface area contributed by atoms with Gasteiger partial charge in [0, 0.05) is 6.42 Å². The molecule has 0 unspecified atom stereocenters.